The predicted octanol–water partition coefficient (Wildman–Crippen LogP) is 4.08. The third-order valence-corrected chi connectivity index (χ3v) is 4.14. The molecule has 0 radical (unpaired) electrons. The summed E-state index contributed by atoms with van der Waals surface area (Å²) in [6, 6.07) is 16.1. The predicted molar refractivity (Wildman–Crippen MR) is 102 cm³/mol. The summed E-state index contributed by atoms with van der Waals surface area (Å²) >= 11 is 0. The number of nitrogens with one attached hydrogen (secondary N) is 1. The smallest absolute Gasteiger partial charge is 0.291 e. The van der Waals surface area contributed by atoms with E-state index in [1.54, 1.807) is 30.5 Å². The highest BCUT2D eigenvalue weighted by atomic mass is 16.4. The molecular weight excluding hydrogens is 328 g/mol. The van der Waals surface area contributed by atoms with Gasteiger partial charge in [-0.2, -0.15) is 0 Å². The number of unbranched alkanes of at least 4 members (excludes halogenated alkanes) is 1. The van der Waals surface area contributed by atoms with Crippen LogP contribution in [-0.2, 0) is 13.0 Å². The molecule has 3 aromatic rings. The van der Waals surface area contributed by atoms with Crippen LogP contribution in [0.1, 0.15) is 41.6 Å². The fraction of sp³-hybridized carbons (Fsp3) is 0.238. The molecule has 0 spiro atoms. The minimum absolute atomic E-state index is 0.113. The molecule has 0 saturated carbocycles. The van der Waals surface area contributed by atoms with Crippen molar-refractivity contribution in [1.82, 2.24) is 4.57 Å². The lowest BCUT2D eigenvalue weighted by Gasteiger charge is -2.05. The molecular formula is C21H22N2O3. The van der Waals surface area contributed by atoms with Crippen LogP contribution in [0.25, 0.3) is 0 Å². The summed E-state index contributed by atoms with van der Waals surface area (Å²) in [5.41, 5.74) is 1.88. The highest BCUT2D eigenvalue weighted by Gasteiger charge is 2.12. The molecule has 0 unspecified atom stereocenters. The van der Waals surface area contributed by atoms with Gasteiger partial charge in [0, 0.05) is 18.0 Å². The highest BCUT2D eigenvalue weighted by molar-refractivity contribution is 6.02. The zero-order valence-electron chi connectivity index (χ0n) is 14.8. The zero-order valence-corrected chi connectivity index (χ0v) is 14.8. The van der Waals surface area contributed by atoms with Crippen molar-refractivity contribution < 1.29 is 9.21 Å². The van der Waals surface area contributed by atoms with Crippen molar-refractivity contribution in [3.8, 4) is 0 Å². The summed E-state index contributed by atoms with van der Waals surface area (Å²) in [5.74, 6) is 0.468. The van der Waals surface area contributed by atoms with Gasteiger partial charge >= 0.3 is 0 Å². The minimum atomic E-state index is -0.307. The Morgan fingerprint density at radius 2 is 1.88 bits per heavy atom. The molecule has 5 nitrogen and oxygen atoms in total. The first-order chi connectivity index (χ1) is 12.7. The Bertz CT molecular complexity index is 923. The summed E-state index contributed by atoms with van der Waals surface area (Å²) in [6.45, 7) is 2.46. The monoisotopic (exact) mass is 350 g/mol. The Morgan fingerprint density at radius 1 is 1.08 bits per heavy atom. The molecule has 0 atom stereocenters. The van der Waals surface area contributed by atoms with Gasteiger partial charge in [0.2, 0.25) is 0 Å². The van der Waals surface area contributed by atoms with E-state index in [0.717, 1.165) is 24.9 Å². The van der Waals surface area contributed by atoms with Crippen molar-refractivity contribution in [2.75, 3.05) is 5.32 Å². The van der Waals surface area contributed by atoms with Gasteiger partial charge in [0.15, 0.2) is 5.76 Å². The molecule has 134 valence electrons. The standard InChI is InChI=1S/C21H22N2O3/c1-2-3-6-16-8-10-17(11-9-16)22-21(25)19-13-12-18(26-19)15-23-14-5-4-7-20(23)24/h4-5,7-14H,2-3,6,15H2,1H3,(H,22,25). The van der Waals surface area contributed by atoms with E-state index in [4.69, 9.17) is 4.42 Å². The number of rotatable bonds is 7. The van der Waals surface area contributed by atoms with Crippen LogP contribution in [0.5, 0.6) is 0 Å². The van der Waals surface area contributed by atoms with Crippen molar-refractivity contribution in [1.29, 1.82) is 0 Å². The average Bonchev–Trinajstić information content (AvgIpc) is 3.12. The van der Waals surface area contributed by atoms with E-state index in [2.05, 4.69) is 12.2 Å². The Hall–Kier alpha value is -3.08. The van der Waals surface area contributed by atoms with Crippen molar-refractivity contribution in [3.05, 3.63) is 88.2 Å². The highest BCUT2D eigenvalue weighted by Crippen LogP contribution is 2.15. The number of amides is 1. The van der Waals surface area contributed by atoms with Crippen LogP contribution >= 0.6 is 0 Å². The maximum Gasteiger partial charge on any atom is 0.291 e. The lowest BCUT2D eigenvalue weighted by Crippen LogP contribution is -2.18. The fourth-order valence-corrected chi connectivity index (χ4v) is 2.67. The average molecular weight is 350 g/mol. The molecule has 5 heteroatoms. The fourth-order valence-electron chi connectivity index (χ4n) is 2.67. The van der Waals surface area contributed by atoms with Crippen molar-refractivity contribution in [3.63, 3.8) is 0 Å². The lowest BCUT2D eigenvalue weighted by molar-refractivity contribution is 0.0994. The number of aromatic nitrogens is 1. The maximum atomic E-state index is 12.3. The van der Waals surface area contributed by atoms with Gasteiger partial charge in [0.1, 0.15) is 5.76 Å². The van der Waals surface area contributed by atoms with Gasteiger partial charge in [-0.05, 0) is 48.7 Å². The first-order valence-corrected chi connectivity index (χ1v) is 8.80. The Morgan fingerprint density at radius 3 is 2.62 bits per heavy atom. The second-order valence-electron chi connectivity index (χ2n) is 6.19. The second kappa shape index (κ2) is 8.34. The van der Waals surface area contributed by atoms with Crippen molar-refractivity contribution in [2.24, 2.45) is 0 Å². The lowest BCUT2D eigenvalue weighted by atomic mass is 10.1. The first-order valence-electron chi connectivity index (χ1n) is 8.80. The van der Waals surface area contributed by atoms with Crippen LogP contribution in [0, 0.1) is 0 Å². The quantitative estimate of drug-likeness (QED) is 0.698. The Kier molecular flexibility index (Phi) is 5.69. The molecule has 1 N–H and O–H groups in total. The van der Waals surface area contributed by atoms with E-state index < -0.39 is 0 Å². The summed E-state index contributed by atoms with van der Waals surface area (Å²) in [6.07, 6.45) is 5.05. The number of aryl methyl sites for hydroxylation is 1. The van der Waals surface area contributed by atoms with Gasteiger partial charge in [-0.25, -0.2) is 0 Å². The molecule has 1 amide bonds. The third-order valence-electron chi connectivity index (χ3n) is 4.14. The van der Waals surface area contributed by atoms with Gasteiger partial charge in [-0.1, -0.05) is 31.5 Å². The van der Waals surface area contributed by atoms with E-state index in [9.17, 15) is 9.59 Å². The number of hydrogen-bond donors (Lipinski definition) is 1. The molecule has 1 aromatic carbocycles. The van der Waals surface area contributed by atoms with Gasteiger partial charge in [0.05, 0.1) is 6.54 Å². The molecule has 0 fully saturated rings. The van der Waals surface area contributed by atoms with E-state index in [-0.39, 0.29) is 17.2 Å². The Balaban J connectivity index is 1.63. The van der Waals surface area contributed by atoms with Gasteiger partial charge in [0.25, 0.3) is 11.5 Å². The molecule has 3 rings (SSSR count). The number of anilines is 1. The number of carbonyl (C=O) groups excluding carboxylic acids is 1. The van der Waals surface area contributed by atoms with Gasteiger partial charge < -0.3 is 14.3 Å². The first kappa shape index (κ1) is 17.7. The van der Waals surface area contributed by atoms with Crippen LogP contribution in [0.2, 0.25) is 0 Å². The zero-order chi connectivity index (χ0) is 18.4. The number of furan rings is 1. The van der Waals surface area contributed by atoms with Crippen molar-refractivity contribution >= 4 is 11.6 Å². The normalized spacial score (nSPS) is 10.7. The summed E-state index contributed by atoms with van der Waals surface area (Å²) in [4.78, 5) is 24.1. The Labute approximate surface area is 152 Å². The number of pyridine rings is 1. The van der Waals surface area contributed by atoms with Crippen LogP contribution in [0.3, 0.4) is 0 Å². The molecule has 0 aliphatic rings. The van der Waals surface area contributed by atoms with E-state index in [1.807, 2.05) is 24.3 Å². The second-order valence-corrected chi connectivity index (χ2v) is 6.19. The largest absolute Gasteiger partial charge is 0.454 e. The number of nitrogens with zero attached hydrogens (tertiary/aromatic N) is 1. The van der Waals surface area contributed by atoms with E-state index in [0.29, 0.717) is 12.3 Å². The van der Waals surface area contributed by atoms with Crippen LogP contribution in [0.15, 0.2) is 70.0 Å². The molecule has 0 bridgehead atoms. The number of hydrogen-bond acceptors (Lipinski definition) is 3. The summed E-state index contributed by atoms with van der Waals surface area (Å²) in [7, 11) is 0. The topological polar surface area (TPSA) is 64.2 Å². The van der Waals surface area contributed by atoms with Crippen LogP contribution in [-0.4, -0.2) is 10.5 Å². The van der Waals surface area contributed by atoms with E-state index >= 15 is 0 Å². The molecule has 0 aliphatic carbocycles. The summed E-state index contributed by atoms with van der Waals surface area (Å²) < 4.78 is 7.11. The van der Waals surface area contributed by atoms with Crippen molar-refractivity contribution in [2.45, 2.75) is 32.7 Å². The third kappa shape index (κ3) is 4.51. The minimum Gasteiger partial charge on any atom is -0.454 e. The molecule has 2 aromatic heterocycles. The molecule has 0 saturated heterocycles. The number of benzene rings is 1. The number of carbonyl (C=O) groups is 1. The molecule has 2 heterocycles. The van der Waals surface area contributed by atoms with Gasteiger partial charge in [-0.15, -0.1) is 0 Å². The van der Waals surface area contributed by atoms with Crippen LogP contribution in [0.4, 0.5) is 5.69 Å². The van der Waals surface area contributed by atoms with E-state index in [1.165, 1.54) is 16.2 Å². The molecule has 26 heavy (non-hydrogen) atoms. The summed E-state index contributed by atoms with van der Waals surface area (Å²) in [5, 5.41) is 2.83. The van der Waals surface area contributed by atoms with Gasteiger partial charge in [-0.3, -0.25) is 9.59 Å². The SMILES string of the molecule is CCCCc1ccc(NC(=O)c2ccc(Cn3ccccc3=O)o2)cc1. The molecule has 0 aliphatic heterocycles. The maximum absolute atomic E-state index is 12.3. The van der Waals surface area contributed by atoms with Crippen LogP contribution < -0.4 is 10.9 Å².